The third-order valence-electron chi connectivity index (χ3n) is 6.49. The fraction of sp³-hybridized carbons (Fsp3) is 0.333. The normalized spacial score (nSPS) is 12.6. The quantitative estimate of drug-likeness (QED) is 0.277. The predicted octanol–water partition coefficient (Wildman–Crippen LogP) is 5.79. The minimum Gasteiger partial charge on any atom is -0.354 e. The molecule has 0 aliphatic rings. The molecule has 0 aliphatic carbocycles. The van der Waals surface area contributed by atoms with Gasteiger partial charge in [0.25, 0.3) is 10.0 Å². The molecule has 0 aliphatic heterocycles. The average Bonchev–Trinajstić information content (AvgIpc) is 2.95. The smallest absolute Gasteiger partial charge is 0.354 e. The van der Waals surface area contributed by atoms with Crippen molar-refractivity contribution in [2.75, 3.05) is 23.9 Å². The summed E-state index contributed by atoms with van der Waals surface area (Å²) in [6.45, 7) is 4.93. The Bertz CT molecular complexity index is 1470. The molecule has 3 aromatic rings. The molecule has 0 saturated heterocycles. The Morgan fingerprint density at radius 1 is 0.929 bits per heavy atom. The van der Waals surface area contributed by atoms with Crippen LogP contribution in [0, 0.1) is 5.92 Å². The second-order valence-corrected chi connectivity index (χ2v) is 12.4. The summed E-state index contributed by atoms with van der Waals surface area (Å²) in [5.41, 5.74) is -0.764. The molecule has 226 valence electrons. The maximum atomic E-state index is 13.9. The van der Waals surface area contributed by atoms with Gasteiger partial charge in [0.05, 0.1) is 21.2 Å². The Kier molecular flexibility index (Phi) is 11.0. The lowest BCUT2D eigenvalue weighted by molar-refractivity contribution is -0.138. The number of rotatable bonds is 12. The molecule has 0 bridgehead atoms. The molecule has 1 atom stereocenters. The van der Waals surface area contributed by atoms with Gasteiger partial charge in [-0.25, -0.2) is 8.42 Å². The molecule has 1 unspecified atom stereocenters. The van der Waals surface area contributed by atoms with E-state index in [0.29, 0.717) is 23.3 Å². The molecule has 0 aromatic heterocycles. The number of alkyl halides is 3. The van der Waals surface area contributed by atoms with Crippen molar-refractivity contribution in [2.45, 2.75) is 44.3 Å². The van der Waals surface area contributed by atoms with Gasteiger partial charge in [0.1, 0.15) is 12.6 Å². The Labute approximate surface area is 249 Å². The van der Waals surface area contributed by atoms with E-state index in [0.717, 1.165) is 17.7 Å². The van der Waals surface area contributed by atoms with E-state index >= 15 is 0 Å². The first-order chi connectivity index (χ1) is 19.7. The third-order valence-corrected chi connectivity index (χ3v) is 8.61. The van der Waals surface area contributed by atoms with Crippen LogP contribution in [-0.4, -0.2) is 50.8 Å². The number of carbonyl (C=O) groups excluding carboxylic acids is 2. The van der Waals surface area contributed by atoms with Gasteiger partial charge >= 0.3 is 6.18 Å². The molecule has 3 rings (SSSR count). The maximum Gasteiger partial charge on any atom is 0.417 e. The zero-order valence-electron chi connectivity index (χ0n) is 23.4. The molecule has 3 aromatic carbocycles. The zero-order valence-corrected chi connectivity index (χ0v) is 25.0. The molecule has 0 spiro atoms. The first-order valence-electron chi connectivity index (χ1n) is 13.3. The van der Waals surface area contributed by atoms with Gasteiger partial charge in [-0.05, 0) is 55.2 Å². The van der Waals surface area contributed by atoms with Crippen LogP contribution in [0.15, 0.2) is 83.8 Å². The second kappa shape index (κ2) is 14.1. The highest BCUT2D eigenvalue weighted by atomic mass is 35.5. The Morgan fingerprint density at radius 3 is 2.10 bits per heavy atom. The van der Waals surface area contributed by atoms with Crippen LogP contribution in [0.4, 0.5) is 18.9 Å². The number of benzene rings is 3. The van der Waals surface area contributed by atoms with Crippen molar-refractivity contribution in [1.82, 2.24) is 10.2 Å². The summed E-state index contributed by atoms with van der Waals surface area (Å²) >= 11 is 5.79. The van der Waals surface area contributed by atoms with E-state index in [2.05, 4.69) is 5.32 Å². The number of anilines is 1. The summed E-state index contributed by atoms with van der Waals surface area (Å²) in [6.07, 6.45) is -4.51. The van der Waals surface area contributed by atoms with Crippen molar-refractivity contribution in [3.8, 4) is 0 Å². The van der Waals surface area contributed by atoms with E-state index in [1.165, 1.54) is 36.1 Å². The zero-order chi connectivity index (χ0) is 31.1. The molecule has 42 heavy (non-hydrogen) atoms. The van der Waals surface area contributed by atoms with Gasteiger partial charge in [-0.3, -0.25) is 13.9 Å². The number of amides is 2. The molecule has 1 N–H and O–H groups in total. The Balaban J connectivity index is 2.04. The summed E-state index contributed by atoms with van der Waals surface area (Å²) < 4.78 is 69.3. The van der Waals surface area contributed by atoms with E-state index in [4.69, 9.17) is 11.6 Å². The maximum absolute atomic E-state index is 13.9. The van der Waals surface area contributed by atoms with Crippen molar-refractivity contribution in [2.24, 2.45) is 5.92 Å². The van der Waals surface area contributed by atoms with Crippen LogP contribution >= 0.6 is 11.6 Å². The monoisotopic (exact) mass is 623 g/mol. The van der Waals surface area contributed by atoms with Crippen LogP contribution in [-0.2, 0) is 32.2 Å². The topological polar surface area (TPSA) is 86.8 Å². The molecule has 12 heteroatoms. The molecule has 0 heterocycles. The minimum absolute atomic E-state index is 0.0623. The number of nitrogens with one attached hydrogen (secondary N) is 1. The standard InChI is InChI=1S/C30H33ClF3N3O4S/c1-21(2)19-35-29(39)22(3)36(17-16-23-10-6-4-7-11-23)28(38)20-37(42(40,41)25-12-8-5-9-13-25)24-14-15-27(31)26(18-24)30(32,33)34/h4-15,18,21-22H,16-17,19-20H2,1-3H3,(H,35,39). The lowest BCUT2D eigenvalue weighted by atomic mass is 10.1. The van der Waals surface area contributed by atoms with E-state index in [9.17, 15) is 31.2 Å². The van der Waals surface area contributed by atoms with E-state index in [1.54, 1.807) is 6.07 Å². The van der Waals surface area contributed by atoms with Crippen molar-refractivity contribution in [1.29, 1.82) is 0 Å². The highest BCUT2D eigenvalue weighted by Gasteiger charge is 2.36. The number of hydrogen-bond acceptors (Lipinski definition) is 4. The summed E-state index contributed by atoms with van der Waals surface area (Å²) in [4.78, 5) is 27.9. The van der Waals surface area contributed by atoms with Crippen LogP contribution in [0.25, 0.3) is 0 Å². The van der Waals surface area contributed by atoms with Crippen molar-refractivity contribution in [3.63, 3.8) is 0 Å². The lowest BCUT2D eigenvalue weighted by Crippen LogP contribution is -2.52. The van der Waals surface area contributed by atoms with Crippen LogP contribution in [0.3, 0.4) is 0 Å². The molecule has 0 saturated carbocycles. The van der Waals surface area contributed by atoms with Crippen LogP contribution in [0.2, 0.25) is 5.02 Å². The number of halogens is 4. The first-order valence-corrected chi connectivity index (χ1v) is 15.1. The van der Waals surface area contributed by atoms with E-state index in [-0.39, 0.29) is 17.4 Å². The largest absolute Gasteiger partial charge is 0.417 e. The Morgan fingerprint density at radius 2 is 1.52 bits per heavy atom. The molecule has 7 nitrogen and oxygen atoms in total. The number of carbonyl (C=O) groups is 2. The van der Waals surface area contributed by atoms with Gasteiger partial charge in [0.15, 0.2) is 0 Å². The summed E-state index contributed by atoms with van der Waals surface area (Å²) in [5, 5.41) is 2.17. The van der Waals surface area contributed by atoms with Crippen molar-refractivity contribution < 1.29 is 31.2 Å². The van der Waals surface area contributed by atoms with Gasteiger partial charge in [-0.1, -0.05) is 74.0 Å². The van der Waals surface area contributed by atoms with Crippen molar-refractivity contribution in [3.05, 3.63) is 95.0 Å². The second-order valence-electron chi connectivity index (χ2n) is 10.1. The highest BCUT2D eigenvalue weighted by molar-refractivity contribution is 7.92. The van der Waals surface area contributed by atoms with Crippen LogP contribution in [0.5, 0.6) is 0 Å². The SMILES string of the molecule is CC(C)CNC(=O)C(C)N(CCc1ccccc1)C(=O)CN(c1ccc(Cl)c(C(F)(F)F)c1)S(=O)(=O)c1ccccc1. The fourth-order valence-corrected chi connectivity index (χ4v) is 5.81. The van der Waals surface area contributed by atoms with Crippen LogP contribution < -0.4 is 9.62 Å². The van der Waals surface area contributed by atoms with Gasteiger partial charge in [0.2, 0.25) is 11.8 Å². The molecule has 2 amide bonds. The molecule has 0 radical (unpaired) electrons. The fourth-order valence-electron chi connectivity index (χ4n) is 4.16. The molecular weight excluding hydrogens is 591 g/mol. The van der Waals surface area contributed by atoms with Gasteiger partial charge < -0.3 is 10.2 Å². The third kappa shape index (κ3) is 8.48. The van der Waals surface area contributed by atoms with Gasteiger partial charge in [0, 0.05) is 13.1 Å². The summed E-state index contributed by atoms with van der Waals surface area (Å²) in [6, 6.07) is 17.9. The number of sulfonamides is 1. The molecule has 0 fully saturated rings. The molecular formula is C30H33ClF3N3O4S. The van der Waals surface area contributed by atoms with E-state index < -0.39 is 56.9 Å². The van der Waals surface area contributed by atoms with Crippen molar-refractivity contribution >= 4 is 39.1 Å². The van der Waals surface area contributed by atoms with E-state index in [1.807, 2.05) is 44.2 Å². The van der Waals surface area contributed by atoms with Gasteiger partial charge in [-0.15, -0.1) is 0 Å². The minimum atomic E-state index is -4.87. The average molecular weight is 624 g/mol. The lowest BCUT2D eigenvalue weighted by Gasteiger charge is -2.32. The highest BCUT2D eigenvalue weighted by Crippen LogP contribution is 2.38. The first kappa shape index (κ1) is 32.9. The number of nitrogens with zero attached hydrogens (tertiary/aromatic N) is 2. The van der Waals surface area contributed by atoms with Crippen LogP contribution in [0.1, 0.15) is 31.9 Å². The van der Waals surface area contributed by atoms with Gasteiger partial charge in [-0.2, -0.15) is 13.2 Å². The summed E-state index contributed by atoms with van der Waals surface area (Å²) in [7, 11) is -4.52. The Hall–Kier alpha value is -3.57. The predicted molar refractivity (Wildman–Crippen MR) is 157 cm³/mol. The number of hydrogen-bond donors (Lipinski definition) is 1. The summed E-state index contributed by atoms with van der Waals surface area (Å²) in [5.74, 6) is -1.05.